The third-order valence-electron chi connectivity index (χ3n) is 4.37. The third kappa shape index (κ3) is 4.18. The van der Waals surface area contributed by atoms with Gasteiger partial charge >= 0.3 is 0 Å². The molecule has 146 valence electrons. The van der Waals surface area contributed by atoms with Gasteiger partial charge in [0.2, 0.25) is 0 Å². The minimum atomic E-state index is -0.280. The highest BCUT2D eigenvalue weighted by molar-refractivity contribution is 6.42. The molecule has 0 fully saturated rings. The Morgan fingerprint density at radius 3 is 2.62 bits per heavy atom. The van der Waals surface area contributed by atoms with Crippen molar-refractivity contribution in [1.29, 1.82) is 0 Å². The molecule has 0 radical (unpaired) electrons. The number of imidazole rings is 1. The van der Waals surface area contributed by atoms with Crippen molar-refractivity contribution in [3.05, 3.63) is 87.7 Å². The summed E-state index contributed by atoms with van der Waals surface area (Å²) in [5.41, 5.74) is 3.55. The van der Waals surface area contributed by atoms with E-state index in [2.05, 4.69) is 20.7 Å². The van der Waals surface area contributed by atoms with Crippen LogP contribution in [0.1, 0.15) is 21.6 Å². The maximum absolute atomic E-state index is 12.7. The molecule has 2 aromatic heterocycles. The Morgan fingerprint density at radius 2 is 1.86 bits per heavy atom. The van der Waals surface area contributed by atoms with Crippen LogP contribution in [0.2, 0.25) is 10.0 Å². The van der Waals surface area contributed by atoms with E-state index in [4.69, 9.17) is 23.2 Å². The van der Waals surface area contributed by atoms with Crippen LogP contribution in [0.4, 0.5) is 11.5 Å². The molecule has 0 saturated carbocycles. The molecule has 0 saturated heterocycles. The van der Waals surface area contributed by atoms with Gasteiger partial charge in [-0.15, -0.1) is 5.10 Å². The lowest BCUT2D eigenvalue weighted by Crippen LogP contribution is -2.16. The van der Waals surface area contributed by atoms with Gasteiger partial charge in [0.25, 0.3) is 5.91 Å². The number of aromatic nitrogens is 3. The molecule has 6 nitrogen and oxygen atoms in total. The van der Waals surface area contributed by atoms with Crippen LogP contribution >= 0.6 is 23.2 Å². The summed E-state index contributed by atoms with van der Waals surface area (Å²) in [4.78, 5) is 17.0. The molecular weight excluding hydrogens is 409 g/mol. The number of benzene rings is 2. The molecule has 0 bridgehead atoms. The van der Waals surface area contributed by atoms with Crippen LogP contribution in [0.25, 0.3) is 5.65 Å². The fourth-order valence-corrected chi connectivity index (χ4v) is 3.24. The highest BCUT2D eigenvalue weighted by Gasteiger charge is 2.15. The molecule has 2 aromatic carbocycles. The molecule has 0 aliphatic carbocycles. The van der Waals surface area contributed by atoms with E-state index in [0.29, 0.717) is 39.4 Å². The summed E-state index contributed by atoms with van der Waals surface area (Å²) in [7, 11) is 0. The van der Waals surface area contributed by atoms with Crippen LogP contribution in [0.15, 0.2) is 60.8 Å². The molecule has 0 aliphatic rings. The first-order valence-electron chi connectivity index (χ1n) is 8.91. The SMILES string of the molecule is Cc1cc(NCc2ccc(Cl)c(Cl)c2)nn2c(C(=O)Nc3ccccc3)cnc12. The van der Waals surface area contributed by atoms with Gasteiger partial charge < -0.3 is 10.6 Å². The first-order chi connectivity index (χ1) is 14.0. The minimum Gasteiger partial charge on any atom is -0.365 e. The monoisotopic (exact) mass is 425 g/mol. The van der Waals surface area contributed by atoms with Crippen LogP contribution < -0.4 is 10.6 Å². The van der Waals surface area contributed by atoms with E-state index in [-0.39, 0.29) is 5.91 Å². The Balaban J connectivity index is 1.59. The first kappa shape index (κ1) is 19.2. The largest absolute Gasteiger partial charge is 0.365 e. The van der Waals surface area contributed by atoms with Gasteiger partial charge in [0.1, 0.15) is 5.82 Å². The van der Waals surface area contributed by atoms with E-state index in [1.54, 1.807) is 16.6 Å². The van der Waals surface area contributed by atoms with Crippen molar-refractivity contribution in [1.82, 2.24) is 14.6 Å². The summed E-state index contributed by atoms with van der Waals surface area (Å²) in [6.45, 7) is 2.43. The van der Waals surface area contributed by atoms with E-state index in [0.717, 1.165) is 11.1 Å². The first-order valence-corrected chi connectivity index (χ1v) is 9.66. The number of nitrogens with one attached hydrogen (secondary N) is 2. The molecular formula is C21H17Cl2N5O. The topological polar surface area (TPSA) is 71.3 Å². The lowest BCUT2D eigenvalue weighted by molar-refractivity contribution is 0.102. The van der Waals surface area contributed by atoms with Crippen LogP contribution in [0, 0.1) is 6.92 Å². The minimum absolute atomic E-state index is 0.280. The molecule has 8 heteroatoms. The second kappa shape index (κ2) is 8.11. The number of anilines is 2. The number of hydrogen-bond acceptors (Lipinski definition) is 4. The van der Waals surface area contributed by atoms with Crippen molar-refractivity contribution < 1.29 is 4.79 Å². The lowest BCUT2D eigenvalue weighted by Gasteiger charge is -2.10. The molecule has 0 unspecified atom stereocenters. The average molecular weight is 426 g/mol. The molecule has 0 atom stereocenters. The van der Waals surface area contributed by atoms with Crippen LogP contribution in [0.5, 0.6) is 0 Å². The van der Waals surface area contributed by atoms with E-state index in [1.807, 2.05) is 49.4 Å². The van der Waals surface area contributed by atoms with E-state index < -0.39 is 0 Å². The Morgan fingerprint density at radius 1 is 1.07 bits per heavy atom. The fourth-order valence-electron chi connectivity index (χ4n) is 2.92. The highest BCUT2D eigenvalue weighted by Crippen LogP contribution is 2.23. The number of carbonyl (C=O) groups excluding carboxylic acids is 1. The second-order valence-electron chi connectivity index (χ2n) is 6.51. The Hall–Kier alpha value is -3.09. The van der Waals surface area contributed by atoms with Crippen molar-refractivity contribution in [3.8, 4) is 0 Å². The maximum atomic E-state index is 12.7. The Bertz CT molecular complexity index is 1190. The van der Waals surface area contributed by atoms with Crippen LogP contribution in [-0.2, 0) is 6.54 Å². The number of rotatable bonds is 5. The normalized spacial score (nSPS) is 10.9. The summed E-state index contributed by atoms with van der Waals surface area (Å²) in [5.74, 6) is 0.338. The van der Waals surface area contributed by atoms with Crippen molar-refractivity contribution in [2.24, 2.45) is 0 Å². The number of carbonyl (C=O) groups is 1. The van der Waals surface area contributed by atoms with Gasteiger partial charge in [-0.1, -0.05) is 47.5 Å². The summed E-state index contributed by atoms with van der Waals surface area (Å²) >= 11 is 12.0. The number of hydrogen-bond donors (Lipinski definition) is 2. The average Bonchev–Trinajstić information content (AvgIpc) is 3.14. The number of halogens is 2. The van der Waals surface area contributed by atoms with Gasteiger partial charge in [0.05, 0.1) is 16.2 Å². The summed E-state index contributed by atoms with van der Waals surface area (Å²) in [6.07, 6.45) is 1.52. The third-order valence-corrected chi connectivity index (χ3v) is 5.11. The number of para-hydroxylation sites is 1. The lowest BCUT2D eigenvalue weighted by atomic mass is 10.2. The van der Waals surface area contributed by atoms with E-state index in [1.165, 1.54) is 6.20 Å². The van der Waals surface area contributed by atoms with Crippen molar-refractivity contribution in [3.63, 3.8) is 0 Å². The van der Waals surface area contributed by atoms with Gasteiger partial charge in [0.15, 0.2) is 11.3 Å². The number of nitrogens with zero attached hydrogens (tertiary/aromatic N) is 3. The van der Waals surface area contributed by atoms with E-state index in [9.17, 15) is 4.79 Å². The second-order valence-corrected chi connectivity index (χ2v) is 7.33. The highest BCUT2D eigenvalue weighted by atomic mass is 35.5. The van der Waals surface area contributed by atoms with Crippen molar-refractivity contribution in [2.75, 3.05) is 10.6 Å². The Kier molecular flexibility index (Phi) is 5.38. The molecule has 4 rings (SSSR count). The number of amides is 1. The molecule has 4 aromatic rings. The smallest absolute Gasteiger partial charge is 0.276 e. The van der Waals surface area contributed by atoms with Gasteiger partial charge in [-0.05, 0) is 48.4 Å². The van der Waals surface area contributed by atoms with E-state index >= 15 is 0 Å². The van der Waals surface area contributed by atoms with Crippen molar-refractivity contribution >= 4 is 46.3 Å². The number of aryl methyl sites for hydroxylation is 1. The van der Waals surface area contributed by atoms with Gasteiger partial charge in [-0.2, -0.15) is 0 Å². The Labute approximate surface area is 177 Å². The maximum Gasteiger partial charge on any atom is 0.276 e. The van der Waals surface area contributed by atoms with Gasteiger partial charge in [-0.25, -0.2) is 9.50 Å². The standard InChI is InChI=1S/C21H17Cl2N5O/c1-13-9-19(24-11-14-7-8-16(22)17(23)10-14)27-28-18(12-25-20(13)28)21(29)26-15-5-3-2-4-6-15/h2-10,12H,11H2,1H3,(H,24,27)(H,26,29). The van der Waals surface area contributed by atoms with Crippen LogP contribution in [-0.4, -0.2) is 20.5 Å². The zero-order valence-electron chi connectivity index (χ0n) is 15.5. The zero-order valence-corrected chi connectivity index (χ0v) is 17.0. The predicted octanol–water partition coefficient (Wildman–Crippen LogP) is 5.21. The zero-order chi connectivity index (χ0) is 20.4. The summed E-state index contributed by atoms with van der Waals surface area (Å²) < 4.78 is 1.55. The molecule has 1 amide bonds. The van der Waals surface area contributed by atoms with Gasteiger partial charge in [0, 0.05) is 12.2 Å². The fraction of sp³-hybridized carbons (Fsp3) is 0.0952. The van der Waals surface area contributed by atoms with Crippen molar-refractivity contribution in [2.45, 2.75) is 13.5 Å². The molecule has 2 N–H and O–H groups in total. The molecule has 0 aliphatic heterocycles. The molecule has 29 heavy (non-hydrogen) atoms. The van der Waals surface area contributed by atoms with Crippen LogP contribution in [0.3, 0.4) is 0 Å². The number of fused-ring (bicyclic) bond motifs is 1. The predicted molar refractivity (Wildman–Crippen MR) is 116 cm³/mol. The molecule has 2 heterocycles. The summed E-state index contributed by atoms with van der Waals surface area (Å²) in [6, 6.07) is 16.6. The quantitative estimate of drug-likeness (QED) is 0.460. The summed E-state index contributed by atoms with van der Waals surface area (Å²) in [5, 5.41) is 11.7. The van der Waals surface area contributed by atoms with Gasteiger partial charge in [-0.3, -0.25) is 4.79 Å². The molecule has 0 spiro atoms.